The van der Waals surface area contributed by atoms with Crippen molar-refractivity contribution in [2.24, 2.45) is 0 Å². The predicted molar refractivity (Wildman–Crippen MR) is 275 cm³/mol. The molecule has 0 aliphatic heterocycles. The maximum Gasteiger partial charge on any atom is 0.145 e. The topological polar surface area (TPSA) is 32.6 Å². The van der Waals surface area contributed by atoms with E-state index >= 15 is 0 Å². The minimum Gasteiger partial charge on any atom is -0.309 e. The summed E-state index contributed by atoms with van der Waals surface area (Å²) in [6.45, 7) is 0. The number of hydrogen-bond donors (Lipinski definition) is 0. The third-order valence-electron chi connectivity index (χ3n) is 13.5. The fourth-order valence-corrected chi connectivity index (χ4v) is 10.7. The Bertz CT molecular complexity index is 3960. The molecule has 14 aromatic rings. The van der Waals surface area contributed by atoms with Crippen LogP contribution < -0.4 is 0 Å². The van der Waals surface area contributed by atoms with Gasteiger partial charge in [-0.1, -0.05) is 146 Å². The Morgan fingerprint density at radius 2 is 0.576 bits per heavy atom. The molecule has 0 N–H and O–H groups in total. The first-order valence-corrected chi connectivity index (χ1v) is 22.5. The van der Waals surface area contributed by atoms with Crippen LogP contribution in [0.1, 0.15) is 0 Å². The Morgan fingerprint density at radius 1 is 0.227 bits per heavy atom. The molecule has 0 fully saturated rings. The molecule has 0 spiro atoms. The summed E-state index contributed by atoms with van der Waals surface area (Å²) < 4.78 is 9.56. The molecule has 0 amide bonds. The van der Waals surface area contributed by atoms with Crippen molar-refractivity contribution in [3.8, 4) is 45.3 Å². The molecule has 5 heteroatoms. The number of benzene rings is 10. The van der Waals surface area contributed by atoms with Gasteiger partial charge in [0.05, 0.1) is 44.1 Å². The van der Waals surface area contributed by atoms with Crippen molar-refractivity contribution in [3.05, 3.63) is 237 Å². The second kappa shape index (κ2) is 14.3. The molecule has 4 heterocycles. The van der Waals surface area contributed by atoms with Gasteiger partial charge in [-0.2, -0.15) is 0 Å². The largest absolute Gasteiger partial charge is 0.309 e. The molecule has 5 nitrogen and oxygen atoms in total. The Labute approximate surface area is 379 Å². The van der Waals surface area contributed by atoms with Crippen LogP contribution in [0.2, 0.25) is 0 Å². The van der Waals surface area contributed by atoms with E-state index in [1.54, 1.807) is 0 Å². The van der Waals surface area contributed by atoms with Crippen molar-refractivity contribution in [2.45, 2.75) is 0 Å². The van der Waals surface area contributed by atoms with Crippen LogP contribution >= 0.6 is 0 Å². The number of aromatic nitrogens is 5. The first kappa shape index (κ1) is 36.5. The van der Waals surface area contributed by atoms with Gasteiger partial charge < -0.3 is 13.7 Å². The summed E-state index contributed by atoms with van der Waals surface area (Å²) in [5.41, 5.74) is 16.7. The van der Waals surface area contributed by atoms with Gasteiger partial charge in [-0.25, -0.2) is 4.98 Å². The molecule has 66 heavy (non-hydrogen) atoms. The van der Waals surface area contributed by atoms with E-state index in [0.29, 0.717) is 0 Å². The number of fused-ring (bicyclic) bond motifs is 10. The van der Waals surface area contributed by atoms with Gasteiger partial charge in [-0.05, 0) is 102 Å². The molecule has 0 bridgehead atoms. The molecule has 0 radical (unpaired) electrons. The van der Waals surface area contributed by atoms with Crippen LogP contribution in [-0.4, -0.2) is 23.3 Å². The lowest BCUT2D eigenvalue weighted by Gasteiger charge is -2.16. The van der Waals surface area contributed by atoms with Gasteiger partial charge in [0.2, 0.25) is 0 Å². The molecule has 0 saturated heterocycles. The number of imidazole rings is 1. The summed E-state index contributed by atoms with van der Waals surface area (Å²) >= 11 is 0. The van der Waals surface area contributed by atoms with Gasteiger partial charge in [0.15, 0.2) is 0 Å². The van der Waals surface area contributed by atoms with Crippen molar-refractivity contribution in [1.82, 2.24) is 23.3 Å². The van der Waals surface area contributed by atoms with Gasteiger partial charge in [0.1, 0.15) is 5.82 Å². The molecule has 0 saturated carbocycles. The van der Waals surface area contributed by atoms with Crippen LogP contribution in [0.5, 0.6) is 0 Å². The molecule has 0 atom stereocenters. The molecule has 0 unspecified atom stereocenters. The van der Waals surface area contributed by atoms with Crippen LogP contribution in [-0.2, 0) is 0 Å². The lowest BCUT2D eigenvalue weighted by atomic mass is 10.0. The maximum absolute atomic E-state index is 5.39. The van der Waals surface area contributed by atoms with Crippen LogP contribution in [0.25, 0.3) is 122 Å². The molecule has 0 aliphatic carbocycles. The number of rotatable bonds is 6. The van der Waals surface area contributed by atoms with Gasteiger partial charge in [-0.3, -0.25) is 4.57 Å². The van der Waals surface area contributed by atoms with Crippen LogP contribution in [0.15, 0.2) is 237 Å². The summed E-state index contributed by atoms with van der Waals surface area (Å²) in [5, 5.41) is 7.43. The Hall–Kier alpha value is -8.93. The number of para-hydroxylation sites is 8. The van der Waals surface area contributed by atoms with Gasteiger partial charge in [0, 0.05) is 60.6 Å². The Kier molecular flexibility index (Phi) is 7.91. The van der Waals surface area contributed by atoms with E-state index in [1.165, 1.54) is 65.4 Å². The zero-order valence-electron chi connectivity index (χ0n) is 35.8. The zero-order chi connectivity index (χ0) is 43.3. The molecular formula is C61H39N5. The van der Waals surface area contributed by atoms with Crippen LogP contribution in [0, 0.1) is 0 Å². The van der Waals surface area contributed by atoms with Crippen molar-refractivity contribution in [1.29, 1.82) is 0 Å². The predicted octanol–water partition coefficient (Wildman–Crippen LogP) is 15.7. The first-order valence-electron chi connectivity index (χ1n) is 22.5. The average Bonchev–Trinajstić information content (AvgIpc) is 4.13. The molecular weight excluding hydrogens is 803 g/mol. The molecule has 10 aromatic carbocycles. The van der Waals surface area contributed by atoms with Gasteiger partial charge in [-0.15, -0.1) is 0 Å². The summed E-state index contributed by atoms with van der Waals surface area (Å²) in [5.74, 6) is 0.888. The highest BCUT2D eigenvalue weighted by Crippen LogP contribution is 2.40. The standard InChI is InChI=1S/C61H39N5/c1-8-28-54-47(21-1)48-22-2-9-29-55(48)63(54)43-19-16-20-44(38-43)66-60-34-14-7-27-53(60)62-61(66)41-18-15-17-40(35-41)42-36-45(64-56-30-10-3-23-49(56)50-24-4-11-31-57(50)64)39-46(37-42)65-58-32-12-5-25-51(58)52-26-6-13-33-59(52)65/h1-39H. The number of hydrogen-bond acceptors (Lipinski definition) is 1. The number of nitrogens with zero attached hydrogens (tertiary/aromatic N) is 5. The molecule has 4 aromatic heterocycles. The van der Waals surface area contributed by atoms with E-state index in [4.69, 9.17) is 4.98 Å². The summed E-state index contributed by atoms with van der Waals surface area (Å²) in [4.78, 5) is 5.39. The quantitative estimate of drug-likeness (QED) is 0.164. The van der Waals surface area contributed by atoms with Gasteiger partial charge in [0.25, 0.3) is 0 Å². The van der Waals surface area contributed by atoms with E-state index in [1.807, 2.05) is 0 Å². The lowest BCUT2D eigenvalue weighted by molar-refractivity contribution is 1.09. The second-order valence-corrected chi connectivity index (χ2v) is 17.2. The highest BCUT2D eigenvalue weighted by atomic mass is 15.1. The Balaban J connectivity index is 0.986. The maximum atomic E-state index is 5.39. The first-order chi connectivity index (χ1) is 32.7. The minimum absolute atomic E-state index is 0.888. The van der Waals surface area contributed by atoms with E-state index in [2.05, 4.69) is 255 Å². The lowest BCUT2D eigenvalue weighted by Crippen LogP contribution is -2.01. The highest BCUT2D eigenvalue weighted by molar-refractivity contribution is 6.11. The van der Waals surface area contributed by atoms with E-state index in [-0.39, 0.29) is 0 Å². The van der Waals surface area contributed by atoms with E-state index < -0.39 is 0 Å². The Morgan fingerprint density at radius 3 is 1.05 bits per heavy atom. The summed E-state index contributed by atoms with van der Waals surface area (Å²) in [6.07, 6.45) is 0. The molecule has 308 valence electrons. The third kappa shape index (κ3) is 5.44. The van der Waals surface area contributed by atoms with E-state index in [0.717, 1.165) is 56.3 Å². The monoisotopic (exact) mass is 841 g/mol. The second-order valence-electron chi connectivity index (χ2n) is 17.2. The average molecular weight is 842 g/mol. The normalized spacial score (nSPS) is 11.9. The SMILES string of the molecule is c1cc(-c2cc(-n3c4ccccc4c4ccccc43)cc(-n3c4ccccc4c4ccccc43)c2)cc(-c2nc3ccccc3n2-c2cccc(-n3c4ccccc4c4ccccc43)c2)c1. The van der Waals surface area contributed by atoms with Crippen molar-refractivity contribution in [3.63, 3.8) is 0 Å². The van der Waals surface area contributed by atoms with E-state index in [9.17, 15) is 0 Å². The smallest absolute Gasteiger partial charge is 0.145 e. The fourth-order valence-electron chi connectivity index (χ4n) is 10.7. The van der Waals surface area contributed by atoms with Crippen molar-refractivity contribution >= 4 is 76.5 Å². The molecule has 14 rings (SSSR count). The van der Waals surface area contributed by atoms with Crippen molar-refractivity contribution < 1.29 is 0 Å². The van der Waals surface area contributed by atoms with Crippen molar-refractivity contribution in [2.75, 3.05) is 0 Å². The fraction of sp³-hybridized carbons (Fsp3) is 0. The highest BCUT2D eigenvalue weighted by Gasteiger charge is 2.20. The summed E-state index contributed by atoms with van der Waals surface area (Å²) in [6, 6.07) is 85.7. The van der Waals surface area contributed by atoms with Gasteiger partial charge >= 0.3 is 0 Å². The minimum atomic E-state index is 0.888. The molecule has 0 aliphatic rings. The zero-order valence-corrected chi connectivity index (χ0v) is 35.8. The third-order valence-corrected chi connectivity index (χ3v) is 13.5. The van der Waals surface area contributed by atoms with Crippen LogP contribution in [0.3, 0.4) is 0 Å². The van der Waals surface area contributed by atoms with Crippen LogP contribution in [0.4, 0.5) is 0 Å². The summed E-state index contributed by atoms with van der Waals surface area (Å²) in [7, 11) is 0.